The standard InChI is InChI=1S/C18H26N4OS/c1-2-3-4-5-6-7-12-23-16-10-8-15(9-11-16)13-20-22-18-21-17(19)14-24-18/h8-11,13-14H,2-7,12,19H2,1H3,(H,21,22). The number of nitrogen functional groups attached to an aromatic ring is 1. The molecule has 0 atom stereocenters. The first-order valence-corrected chi connectivity index (χ1v) is 9.39. The van der Waals surface area contributed by atoms with Crippen molar-refractivity contribution in [2.45, 2.75) is 45.4 Å². The number of anilines is 2. The van der Waals surface area contributed by atoms with Crippen LogP contribution in [-0.4, -0.2) is 17.8 Å². The van der Waals surface area contributed by atoms with Crippen LogP contribution in [0.25, 0.3) is 0 Å². The maximum atomic E-state index is 5.76. The first kappa shape index (κ1) is 18.3. The molecule has 0 aliphatic rings. The molecule has 0 aliphatic carbocycles. The van der Waals surface area contributed by atoms with Crippen LogP contribution in [0, 0.1) is 0 Å². The predicted molar refractivity (Wildman–Crippen MR) is 103 cm³/mol. The lowest BCUT2D eigenvalue weighted by Gasteiger charge is -2.06. The third-order valence-corrected chi connectivity index (χ3v) is 4.31. The Balaban J connectivity index is 1.65. The van der Waals surface area contributed by atoms with Crippen LogP contribution in [-0.2, 0) is 0 Å². The fourth-order valence-electron chi connectivity index (χ4n) is 2.22. The summed E-state index contributed by atoms with van der Waals surface area (Å²) in [6.07, 6.45) is 9.39. The molecule has 0 spiro atoms. The molecule has 5 nitrogen and oxygen atoms in total. The van der Waals surface area contributed by atoms with E-state index in [1.807, 2.05) is 24.3 Å². The predicted octanol–water partition coefficient (Wildman–Crippen LogP) is 4.91. The Hall–Kier alpha value is -2.08. The fourth-order valence-corrected chi connectivity index (χ4v) is 2.77. The Morgan fingerprint density at radius 3 is 2.62 bits per heavy atom. The summed E-state index contributed by atoms with van der Waals surface area (Å²) >= 11 is 1.42. The summed E-state index contributed by atoms with van der Waals surface area (Å²) in [7, 11) is 0. The van der Waals surface area contributed by atoms with E-state index in [-0.39, 0.29) is 0 Å². The van der Waals surface area contributed by atoms with Gasteiger partial charge >= 0.3 is 0 Å². The molecule has 1 aromatic heterocycles. The van der Waals surface area contributed by atoms with Gasteiger partial charge in [0.15, 0.2) is 0 Å². The van der Waals surface area contributed by atoms with Crippen LogP contribution < -0.4 is 15.9 Å². The third kappa shape index (κ3) is 7.00. The van der Waals surface area contributed by atoms with Crippen molar-refractivity contribution in [1.82, 2.24) is 4.98 Å². The minimum Gasteiger partial charge on any atom is -0.494 e. The maximum absolute atomic E-state index is 5.76. The number of thiazole rings is 1. The summed E-state index contributed by atoms with van der Waals surface area (Å²) in [6, 6.07) is 7.91. The van der Waals surface area contributed by atoms with Gasteiger partial charge in [0.1, 0.15) is 11.6 Å². The number of hydrazone groups is 1. The fraction of sp³-hybridized carbons (Fsp3) is 0.444. The Bertz CT molecular complexity index is 610. The zero-order chi connectivity index (χ0) is 17.0. The number of hydrogen-bond acceptors (Lipinski definition) is 6. The van der Waals surface area contributed by atoms with E-state index in [9.17, 15) is 0 Å². The number of nitrogens with one attached hydrogen (secondary N) is 1. The van der Waals surface area contributed by atoms with Gasteiger partial charge in [-0.3, -0.25) is 5.43 Å². The van der Waals surface area contributed by atoms with Gasteiger partial charge < -0.3 is 10.5 Å². The molecule has 3 N–H and O–H groups in total. The molecule has 0 saturated carbocycles. The number of unbranched alkanes of at least 4 members (excludes halogenated alkanes) is 5. The van der Waals surface area contributed by atoms with Gasteiger partial charge in [0.25, 0.3) is 0 Å². The number of nitrogens with two attached hydrogens (primary N) is 1. The van der Waals surface area contributed by atoms with Crippen molar-refractivity contribution in [2.24, 2.45) is 5.10 Å². The summed E-state index contributed by atoms with van der Waals surface area (Å²) in [5.74, 6) is 1.41. The van der Waals surface area contributed by atoms with E-state index >= 15 is 0 Å². The highest BCUT2D eigenvalue weighted by atomic mass is 32.1. The van der Waals surface area contributed by atoms with Crippen LogP contribution in [0.2, 0.25) is 0 Å². The zero-order valence-corrected chi connectivity index (χ0v) is 15.0. The van der Waals surface area contributed by atoms with Gasteiger partial charge in [-0.25, -0.2) is 4.98 Å². The van der Waals surface area contributed by atoms with E-state index in [0.29, 0.717) is 10.9 Å². The normalized spacial score (nSPS) is 11.0. The Kier molecular flexibility index (Phi) is 8.10. The van der Waals surface area contributed by atoms with Crippen LogP contribution in [0.15, 0.2) is 34.7 Å². The van der Waals surface area contributed by atoms with E-state index in [1.165, 1.54) is 43.4 Å². The third-order valence-electron chi connectivity index (χ3n) is 3.54. The summed E-state index contributed by atoms with van der Waals surface area (Å²) in [6.45, 7) is 3.02. The number of benzene rings is 1. The first-order chi connectivity index (χ1) is 11.8. The number of rotatable bonds is 11. The second-order valence-electron chi connectivity index (χ2n) is 5.63. The highest BCUT2D eigenvalue weighted by Crippen LogP contribution is 2.16. The van der Waals surface area contributed by atoms with Crippen molar-refractivity contribution in [3.05, 3.63) is 35.2 Å². The van der Waals surface area contributed by atoms with Gasteiger partial charge in [-0.2, -0.15) is 5.10 Å². The average Bonchev–Trinajstić information content (AvgIpc) is 3.01. The van der Waals surface area contributed by atoms with Crippen LogP contribution in [0.1, 0.15) is 51.0 Å². The molecule has 0 radical (unpaired) electrons. The summed E-state index contributed by atoms with van der Waals surface area (Å²) < 4.78 is 5.76. The largest absolute Gasteiger partial charge is 0.494 e. The molecule has 2 rings (SSSR count). The van der Waals surface area contributed by atoms with Crippen molar-refractivity contribution in [3.63, 3.8) is 0 Å². The van der Waals surface area contributed by atoms with Crippen molar-refractivity contribution >= 4 is 28.5 Å². The molecule has 1 heterocycles. The molecular weight excluding hydrogens is 320 g/mol. The number of hydrogen-bond donors (Lipinski definition) is 2. The van der Waals surface area contributed by atoms with Gasteiger partial charge in [-0.05, 0) is 36.2 Å². The topological polar surface area (TPSA) is 72.5 Å². The van der Waals surface area contributed by atoms with Gasteiger partial charge in [0, 0.05) is 5.38 Å². The molecule has 0 bridgehead atoms. The summed E-state index contributed by atoms with van der Waals surface area (Å²) in [5, 5.41) is 6.60. The second kappa shape index (κ2) is 10.6. The lowest BCUT2D eigenvalue weighted by atomic mass is 10.1. The van der Waals surface area contributed by atoms with E-state index < -0.39 is 0 Å². The van der Waals surface area contributed by atoms with E-state index in [2.05, 4.69) is 22.4 Å². The molecule has 6 heteroatoms. The number of ether oxygens (including phenoxy) is 1. The minimum atomic E-state index is 0.504. The minimum absolute atomic E-state index is 0.504. The maximum Gasteiger partial charge on any atom is 0.205 e. The van der Waals surface area contributed by atoms with Crippen molar-refractivity contribution in [1.29, 1.82) is 0 Å². The van der Waals surface area contributed by atoms with Crippen LogP contribution in [0.5, 0.6) is 5.75 Å². The molecule has 130 valence electrons. The molecule has 0 amide bonds. The van der Waals surface area contributed by atoms with E-state index in [4.69, 9.17) is 10.5 Å². The van der Waals surface area contributed by atoms with Crippen molar-refractivity contribution in [3.8, 4) is 5.75 Å². The van der Waals surface area contributed by atoms with Gasteiger partial charge in [-0.15, -0.1) is 11.3 Å². The lowest BCUT2D eigenvalue weighted by Crippen LogP contribution is -1.97. The van der Waals surface area contributed by atoms with Crippen LogP contribution in [0.3, 0.4) is 0 Å². The lowest BCUT2D eigenvalue weighted by molar-refractivity contribution is 0.304. The smallest absolute Gasteiger partial charge is 0.205 e. The molecule has 0 saturated heterocycles. The summed E-state index contributed by atoms with van der Waals surface area (Å²) in [5.41, 5.74) is 9.41. The molecule has 2 aromatic rings. The average molecular weight is 347 g/mol. The molecule has 1 aromatic carbocycles. The molecule has 24 heavy (non-hydrogen) atoms. The molecule has 0 fully saturated rings. The molecule has 0 unspecified atom stereocenters. The Morgan fingerprint density at radius 2 is 1.92 bits per heavy atom. The van der Waals surface area contributed by atoms with Crippen LogP contribution in [0.4, 0.5) is 10.9 Å². The Morgan fingerprint density at radius 1 is 1.17 bits per heavy atom. The van der Waals surface area contributed by atoms with Gasteiger partial charge in [-0.1, -0.05) is 39.0 Å². The van der Waals surface area contributed by atoms with E-state index in [1.54, 1.807) is 11.6 Å². The van der Waals surface area contributed by atoms with Crippen molar-refractivity contribution in [2.75, 3.05) is 17.8 Å². The highest BCUT2D eigenvalue weighted by Gasteiger charge is 1.97. The SMILES string of the molecule is CCCCCCCCOc1ccc(C=NNc2nc(N)cs2)cc1. The Labute approximate surface area is 148 Å². The van der Waals surface area contributed by atoms with Crippen molar-refractivity contribution < 1.29 is 4.74 Å². The summed E-state index contributed by atoms with van der Waals surface area (Å²) in [4.78, 5) is 4.07. The van der Waals surface area contributed by atoms with E-state index in [0.717, 1.165) is 24.3 Å². The van der Waals surface area contributed by atoms with Gasteiger partial charge in [0.2, 0.25) is 5.13 Å². The zero-order valence-electron chi connectivity index (χ0n) is 14.2. The molecular formula is C18H26N4OS. The van der Waals surface area contributed by atoms with Crippen LogP contribution >= 0.6 is 11.3 Å². The highest BCUT2D eigenvalue weighted by molar-refractivity contribution is 7.14. The number of nitrogens with zero attached hydrogens (tertiary/aromatic N) is 2. The first-order valence-electron chi connectivity index (χ1n) is 8.51. The molecule has 0 aliphatic heterocycles. The number of aromatic nitrogens is 1. The second-order valence-corrected chi connectivity index (χ2v) is 6.49. The monoisotopic (exact) mass is 346 g/mol. The van der Waals surface area contributed by atoms with Gasteiger partial charge in [0.05, 0.1) is 12.8 Å². The quantitative estimate of drug-likeness (QED) is 0.344.